The van der Waals surface area contributed by atoms with Crippen LogP contribution in [0.4, 0.5) is 0 Å². The quantitative estimate of drug-likeness (QED) is 0.481. The van der Waals surface area contributed by atoms with E-state index in [0.717, 1.165) is 12.8 Å². The lowest BCUT2D eigenvalue weighted by Gasteiger charge is -2.21. The van der Waals surface area contributed by atoms with Crippen LogP contribution in [-0.2, 0) is 14.3 Å². The molecule has 3 nitrogen and oxygen atoms in total. The Bertz CT molecular complexity index is 139. The Balaban J connectivity index is 2.01. The standard InChI is InChI=1S/C9H16O3/c1-8(10)11-7-12-9-5-3-2-4-6-9/h9H,2-7H2,1H3. The van der Waals surface area contributed by atoms with Gasteiger partial charge in [-0.25, -0.2) is 0 Å². The summed E-state index contributed by atoms with van der Waals surface area (Å²) in [5, 5.41) is 0. The van der Waals surface area contributed by atoms with E-state index in [-0.39, 0.29) is 12.8 Å². The van der Waals surface area contributed by atoms with Crippen LogP contribution in [0.1, 0.15) is 39.0 Å². The molecule has 0 aromatic carbocycles. The van der Waals surface area contributed by atoms with Crippen molar-refractivity contribution in [3.63, 3.8) is 0 Å². The van der Waals surface area contributed by atoms with E-state index in [1.54, 1.807) is 0 Å². The number of ether oxygens (including phenoxy) is 2. The molecule has 1 saturated carbocycles. The third-order valence-corrected chi connectivity index (χ3v) is 2.12. The number of rotatable bonds is 3. The fourth-order valence-electron chi connectivity index (χ4n) is 1.45. The summed E-state index contributed by atoms with van der Waals surface area (Å²) in [4.78, 5) is 10.4. The Labute approximate surface area is 73.0 Å². The van der Waals surface area contributed by atoms with E-state index >= 15 is 0 Å². The Morgan fingerprint density at radius 2 is 2.00 bits per heavy atom. The van der Waals surface area contributed by atoms with Crippen LogP contribution >= 0.6 is 0 Å². The van der Waals surface area contributed by atoms with Gasteiger partial charge in [-0.3, -0.25) is 4.79 Å². The summed E-state index contributed by atoms with van der Waals surface area (Å²) in [6.45, 7) is 1.52. The molecule has 0 aromatic rings. The second-order valence-electron chi connectivity index (χ2n) is 3.18. The van der Waals surface area contributed by atoms with Gasteiger partial charge in [0.25, 0.3) is 0 Å². The second-order valence-corrected chi connectivity index (χ2v) is 3.18. The predicted octanol–water partition coefficient (Wildman–Crippen LogP) is 1.86. The van der Waals surface area contributed by atoms with Gasteiger partial charge < -0.3 is 9.47 Å². The first kappa shape index (κ1) is 9.52. The number of carbonyl (C=O) groups is 1. The lowest BCUT2D eigenvalue weighted by Crippen LogP contribution is -2.19. The fourth-order valence-corrected chi connectivity index (χ4v) is 1.45. The highest BCUT2D eigenvalue weighted by atomic mass is 16.7. The van der Waals surface area contributed by atoms with Crippen molar-refractivity contribution in [2.45, 2.75) is 45.1 Å². The van der Waals surface area contributed by atoms with Gasteiger partial charge in [0, 0.05) is 6.92 Å². The third kappa shape index (κ3) is 3.72. The Kier molecular flexibility index (Phi) is 4.08. The average molecular weight is 172 g/mol. The summed E-state index contributed by atoms with van der Waals surface area (Å²) in [6.07, 6.45) is 6.34. The van der Waals surface area contributed by atoms with Crippen LogP contribution in [-0.4, -0.2) is 18.9 Å². The maximum atomic E-state index is 10.4. The SMILES string of the molecule is CC(=O)OCOC1CCCCC1. The van der Waals surface area contributed by atoms with Crippen LogP contribution in [0.5, 0.6) is 0 Å². The minimum Gasteiger partial charge on any atom is -0.439 e. The van der Waals surface area contributed by atoms with Gasteiger partial charge in [-0.1, -0.05) is 19.3 Å². The van der Waals surface area contributed by atoms with Crippen molar-refractivity contribution in [2.24, 2.45) is 0 Å². The lowest BCUT2D eigenvalue weighted by molar-refractivity contribution is -0.159. The maximum Gasteiger partial charge on any atom is 0.304 e. The molecule has 12 heavy (non-hydrogen) atoms. The van der Waals surface area contributed by atoms with Crippen molar-refractivity contribution in [3.8, 4) is 0 Å². The van der Waals surface area contributed by atoms with E-state index in [9.17, 15) is 4.79 Å². The van der Waals surface area contributed by atoms with Crippen LogP contribution in [0.2, 0.25) is 0 Å². The van der Waals surface area contributed by atoms with Crippen LogP contribution in [0.25, 0.3) is 0 Å². The molecule has 0 saturated heterocycles. The summed E-state index contributed by atoms with van der Waals surface area (Å²) < 4.78 is 10.0. The first-order chi connectivity index (χ1) is 5.79. The van der Waals surface area contributed by atoms with E-state index in [2.05, 4.69) is 4.74 Å². The zero-order valence-corrected chi connectivity index (χ0v) is 7.54. The van der Waals surface area contributed by atoms with Gasteiger partial charge in [-0.2, -0.15) is 0 Å². The Hall–Kier alpha value is -0.570. The number of hydrogen-bond acceptors (Lipinski definition) is 3. The van der Waals surface area contributed by atoms with E-state index in [1.165, 1.54) is 26.2 Å². The molecule has 1 aliphatic rings. The Morgan fingerprint density at radius 3 is 2.58 bits per heavy atom. The minimum absolute atomic E-state index is 0.125. The highest BCUT2D eigenvalue weighted by Gasteiger charge is 2.13. The molecule has 0 unspecified atom stereocenters. The molecule has 0 atom stereocenters. The predicted molar refractivity (Wildman–Crippen MR) is 44.6 cm³/mol. The van der Waals surface area contributed by atoms with Gasteiger partial charge in [0.15, 0.2) is 6.79 Å². The van der Waals surface area contributed by atoms with Gasteiger partial charge in [0.2, 0.25) is 0 Å². The van der Waals surface area contributed by atoms with E-state index in [1.807, 2.05) is 0 Å². The van der Waals surface area contributed by atoms with E-state index in [0.29, 0.717) is 6.10 Å². The molecule has 0 spiro atoms. The van der Waals surface area contributed by atoms with Gasteiger partial charge >= 0.3 is 5.97 Å². The summed E-state index contributed by atoms with van der Waals surface area (Å²) in [5.41, 5.74) is 0. The van der Waals surface area contributed by atoms with Crippen molar-refractivity contribution in [1.29, 1.82) is 0 Å². The molecule has 0 aliphatic heterocycles. The van der Waals surface area contributed by atoms with Crippen LogP contribution in [0.15, 0.2) is 0 Å². The van der Waals surface area contributed by atoms with Crippen molar-refractivity contribution >= 4 is 5.97 Å². The summed E-state index contributed by atoms with van der Waals surface area (Å²) in [6, 6.07) is 0. The average Bonchev–Trinajstić information content (AvgIpc) is 2.05. The van der Waals surface area contributed by atoms with E-state index in [4.69, 9.17) is 4.74 Å². The Morgan fingerprint density at radius 1 is 1.33 bits per heavy atom. The van der Waals surface area contributed by atoms with Crippen LogP contribution in [0, 0.1) is 0 Å². The van der Waals surface area contributed by atoms with Gasteiger partial charge in [0.1, 0.15) is 0 Å². The number of esters is 1. The second kappa shape index (κ2) is 5.14. The first-order valence-corrected chi connectivity index (χ1v) is 4.54. The molecule has 0 aromatic heterocycles. The molecule has 0 N–H and O–H groups in total. The highest BCUT2D eigenvalue weighted by Crippen LogP contribution is 2.19. The molecule has 0 amide bonds. The van der Waals surface area contributed by atoms with Gasteiger partial charge in [-0.05, 0) is 12.8 Å². The molecule has 70 valence electrons. The monoisotopic (exact) mass is 172 g/mol. The third-order valence-electron chi connectivity index (χ3n) is 2.12. The van der Waals surface area contributed by atoms with Crippen molar-refractivity contribution in [3.05, 3.63) is 0 Å². The summed E-state index contributed by atoms with van der Waals surface area (Å²) in [7, 11) is 0. The molecule has 0 radical (unpaired) electrons. The normalized spacial score (nSPS) is 19.1. The molecule has 0 heterocycles. The maximum absolute atomic E-state index is 10.4. The summed E-state index contributed by atoms with van der Waals surface area (Å²) >= 11 is 0. The van der Waals surface area contributed by atoms with Crippen molar-refractivity contribution in [1.82, 2.24) is 0 Å². The zero-order chi connectivity index (χ0) is 8.81. The summed E-state index contributed by atoms with van der Waals surface area (Å²) in [5.74, 6) is -0.272. The lowest BCUT2D eigenvalue weighted by atomic mass is 9.98. The topological polar surface area (TPSA) is 35.5 Å². The zero-order valence-electron chi connectivity index (χ0n) is 7.54. The van der Waals surface area contributed by atoms with Crippen LogP contribution in [0.3, 0.4) is 0 Å². The smallest absolute Gasteiger partial charge is 0.304 e. The fraction of sp³-hybridized carbons (Fsp3) is 0.889. The number of carbonyl (C=O) groups excluding carboxylic acids is 1. The van der Waals surface area contributed by atoms with Crippen LogP contribution < -0.4 is 0 Å². The number of hydrogen-bond donors (Lipinski definition) is 0. The van der Waals surface area contributed by atoms with Gasteiger partial charge in [-0.15, -0.1) is 0 Å². The molecule has 1 rings (SSSR count). The molecule has 1 fully saturated rings. The van der Waals surface area contributed by atoms with Crippen molar-refractivity contribution in [2.75, 3.05) is 6.79 Å². The molecular weight excluding hydrogens is 156 g/mol. The first-order valence-electron chi connectivity index (χ1n) is 4.54. The highest BCUT2D eigenvalue weighted by molar-refractivity contribution is 5.65. The molecule has 3 heteroatoms. The van der Waals surface area contributed by atoms with Gasteiger partial charge in [0.05, 0.1) is 6.10 Å². The molecule has 1 aliphatic carbocycles. The molecular formula is C9H16O3. The molecule has 0 bridgehead atoms. The minimum atomic E-state index is -0.272. The van der Waals surface area contributed by atoms with E-state index < -0.39 is 0 Å². The van der Waals surface area contributed by atoms with Crippen molar-refractivity contribution < 1.29 is 14.3 Å². The largest absolute Gasteiger partial charge is 0.439 e.